The Morgan fingerprint density at radius 3 is 2.33 bits per heavy atom. The summed E-state index contributed by atoms with van der Waals surface area (Å²) in [5.41, 5.74) is 0. The first kappa shape index (κ1) is 17.4. The lowest BCUT2D eigenvalue weighted by atomic mass is 10.2. The molecule has 7 nitrogen and oxygen atoms in total. The average molecular weight is 335 g/mol. The van der Waals surface area contributed by atoms with E-state index in [4.69, 9.17) is 4.52 Å². The number of hydrogen-bond donors (Lipinski definition) is 0. The first-order valence-corrected chi connectivity index (χ1v) is 9.18. The molecule has 1 aromatic rings. The van der Waals surface area contributed by atoms with E-state index in [0.717, 1.165) is 64.5 Å². The van der Waals surface area contributed by atoms with Crippen molar-refractivity contribution in [1.82, 2.24) is 24.8 Å². The van der Waals surface area contributed by atoms with Gasteiger partial charge in [-0.1, -0.05) is 18.0 Å². The van der Waals surface area contributed by atoms with Crippen LogP contribution in [-0.2, 0) is 11.3 Å². The van der Waals surface area contributed by atoms with Gasteiger partial charge in [-0.3, -0.25) is 14.6 Å². The zero-order valence-corrected chi connectivity index (χ0v) is 14.9. The number of piperazine rings is 1. The maximum absolute atomic E-state index is 12.8. The fraction of sp³-hybridized carbons (Fsp3) is 0.824. The summed E-state index contributed by atoms with van der Waals surface area (Å²) in [6.45, 7) is 10.2. The molecule has 2 aliphatic heterocycles. The van der Waals surface area contributed by atoms with Crippen LogP contribution in [0.25, 0.3) is 0 Å². The molecule has 0 unspecified atom stereocenters. The first-order chi connectivity index (χ1) is 11.6. The van der Waals surface area contributed by atoms with Gasteiger partial charge < -0.3 is 9.42 Å². The standard InChI is InChI=1S/C17H29N5O2/c1-14(17(23)22-7-5-3-4-6-8-22)21-11-9-20(10-12-21)13-16-18-15(2)24-19-16/h14H,3-13H2,1-2H3/t14-/m1/s1. The number of carbonyl (C=O) groups is 1. The molecule has 0 radical (unpaired) electrons. The number of carbonyl (C=O) groups excluding carboxylic acids is 1. The van der Waals surface area contributed by atoms with Crippen LogP contribution in [0.5, 0.6) is 0 Å². The van der Waals surface area contributed by atoms with Crippen molar-refractivity contribution in [2.75, 3.05) is 39.3 Å². The largest absolute Gasteiger partial charge is 0.341 e. The lowest BCUT2D eigenvalue weighted by molar-refractivity contribution is -0.137. The van der Waals surface area contributed by atoms with Crippen LogP contribution in [0.4, 0.5) is 0 Å². The first-order valence-electron chi connectivity index (χ1n) is 9.18. The second-order valence-electron chi connectivity index (χ2n) is 6.96. The molecule has 0 aliphatic carbocycles. The summed E-state index contributed by atoms with van der Waals surface area (Å²) in [6, 6.07) is -0.0160. The highest BCUT2D eigenvalue weighted by Crippen LogP contribution is 2.15. The monoisotopic (exact) mass is 335 g/mol. The molecule has 2 aliphatic rings. The molecule has 1 amide bonds. The molecule has 134 valence electrons. The number of aromatic nitrogens is 2. The van der Waals surface area contributed by atoms with Crippen molar-refractivity contribution in [3.05, 3.63) is 11.7 Å². The second-order valence-corrected chi connectivity index (χ2v) is 6.96. The van der Waals surface area contributed by atoms with Gasteiger partial charge in [0.1, 0.15) is 0 Å². The quantitative estimate of drug-likeness (QED) is 0.826. The summed E-state index contributed by atoms with van der Waals surface area (Å²) in [4.78, 5) is 23.7. The van der Waals surface area contributed by atoms with Crippen LogP contribution < -0.4 is 0 Å². The highest BCUT2D eigenvalue weighted by atomic mass is 16.5. The highest BCUT2D eigenvalue weighted by Gasteiger charge is 2.29. The topological polar surface area (TPSA) is 65.7 Å². The fourth-order valence-corrected chi connectivity index (χ4v) is 3.63. The van der Waals surface area contributed by atoms with Crippen molar-refractivity contribution in [2.24, 2.45) is 0 Å². The molecular weight excluding hydrogens is 306 g/mol. The number of hydrogen-bond acceptors (Lipinski definition) is 6. The third-order valence-electron chi connectivity index (χ3n) is 5.16. The van der Waals surface area contributed by atoms with Gasteiger partial charge in [-0.25, -0.2) is 0 Å². The van der Waals surface area contributed by atoms with E-state index in [1.165, 1.54) is 12.8 Å². The molecule has 3 rings (SSSR count). The summed E-state index contributed by atoms with van der Waals surface area (Å²) in [6.07, 6.45) is 4.81. The minimum absolute atomic E-state index is 0.0160. The van der Waals surface area contributed by atoms with E-state index in [-0.39, 0.29) is 6.04 Å². The van der Waals surface area contributed by atoms with Crippen LogP contribution in [0.15, 0.2) is 4.52 Å². The zero-order chi connectivity index (χ0) is 16.9. The Bertz CT molecular complexity index is 531. The van der Waals surface area contributed by atoms with Crippen LogP contribution >= 0.6 is 0 Å². The van der Waals surface area contributed by atoms with Crippen LogP contribution in [0.2, 0.25) is 0 Å². The van der Waals surface area contributed by atoms with Gasteiger partial charge in [0.15, 0.2) is 5.82 Å². The van der Waals surface area contributed by atoms with Crippen molar-refractivity contribution in [1.29, 1.82) is 0 Å². The Kier molecular flexibility index (Phi) is 5.84. The SMILES string of the molecule is Cc1nc(CN2CCN([C@H](C)C(=O)N3CCCCCC3)CC2)no1. The summed E-state index contributed by atoms with van der Waals surface area (Å²) < 4.78 is 5.03. The van der Waals surface area contributed by atoms with Gasteiger partial charge in [0.2, 0.25) is 11.8 Å². The molecule has 1 atom stereocenters. The third-order valence-corrected chi connectivity index (χ3v) is 5.16. The van der Waals surface area contributed by atoms with E-state index >= 15 is 0 Å². The minimum atomic E-state index is -0.0160. The maximum atomic E-state index is 12.8. The van der Waals surface area contributed by atoms with Crippen molar-refractivity contribution in [3.63, 3.8) is 0 Å². The average Bonchev–Trinajstić information content (AvgIpc) is 2.84. The smallest absolute Gasteiger partial charge is 0.239 e. The molecule has 2 saturated heterocycles. The van der Waals surface area contributed by atoms with Crippen LogP contribution in [0.3, 0.4) is 0 Å². The number of aryl methyl sites for hydroxylation is 1. The van der Waals surface area contributed by atoms with Gasteiger partial charge in [0, 0.05) is 46.2 Å². The molecular formula is C17H29N5O2. The molecule has 0 aromatic carbocycles. The molecule has 3 heterocycles. The number of nitrogens with zero attached hydrogens (tertiary/aromatic N) is 5. The lowest BCUT2D eigenvalue weighted by Crippen LogP contribution is -2.54. The van der Waals surface area contributed by atoms with Gasteiger partial charge in [-0.05, 0) is 19.8 Å². The summed E-state index contributed by atoms with van der Waals surface area (Å²) >= 11 is 0. The predicted octanol–water partition coefficient (Wildman–Crippen LogP) is 1.29. The molecule has 0 N–H and O–H groups in total. The van der Waals surface area contributed by atoms with Crippen molar-refractivity contribution < 1.29 is 9.32 Å². The van der Waals surface area contributed by atoms with E-state index in [2.05, 4.69) is 31.8 Å². The van der Waals surface area contributed by atoms with Crippen LogP contribution in [0.1, 0.15) is 44.3 Å². The van der Waals surface area contributed by atoms with E-state index in [0.29, 0.717) is 11.8 Å². The lowest BCUT2D eigenvalue weighted by Gasteiger charge is -2.38. The van der Waals surface area contributed by atoms with E-state index in [1.807, 2.05) is 6.92 Å². The Balaban J connectivity index is 1.47. The molecule has 1 aromatic heterocycles. The zero-order valence-electron chi connectivity index (χ0n) is 14.9. The van der Waals surface area contributed by atoms with Gasteiger partial charge in [-0.2, -0.15) is 4.98 Å². The Hall–Kier alpha value is -1.47. The van der Waals surface area contributed by atoms with Crippen LogP contribution in [0, 0.1) is 6.92 Å². The fourth-order valence-electron chi connectivity index (χ4n) is 3.63. The molecule has 0 spiro atoms. The number of likely N-dealkylation sites (tertiary alicyclic amines) is 1. The van der Waals surface area contributed by atoms with Gasteiger partial charge in [0.05, 0.1) is 12.6 Å². The second kappa shape index (κ2) is 8.07. The molecule has 24 heavy (non-hydrogen) atoms. The minimum Gasteiger partial charge on any atom is -0.341 e. The Morgan fingerprint density at radius 2 is 1.75 bits per heavy atom. The van der Waals surface area contributed by atoms with Crippen molar-refractivity contribution in [2.45, 2.75) is 52.1 Å². The highest BCUT2D eigenvalue weighted by molar-refractivity contribution is 5.81. The van der Waals surface area contributed by atoms with Gasteiger partial charge in [-0.15, -0.1) is 0 Å². The van der Waals surface area contributed by atoms with E-state index in [9.17, 15) is 4.79 Å². The van der Waals surface area contributed by atoms with Gasteiger partial charge >= 0.3 is 0 Å². The Morgan fingerprint density at radius 1 is 1.08 bits per heavy atom. The number of rotatable bonds is 4. The molecule has 2 fully saturated rings. The predicted molar refractivity (Wildman–Crippen MR) is 90.4 cm³/mol. The maximum Gasteiger partial charge on any atom is 0.239 e. The van der Waals surface area contributed by atoms with Crippen LogP contribution in [-0.4, -0.2) is 76.1 Å². The summed E-state index contributed by atoms with van der Waals surface area (Å²) in [7, 11) is 0. The number of amides is 1. The molecule has 7 heteroatoms. The molecule has 0 bridgehead atoms. The Labute approximate surface area is 144 Å². The van der Waals surface area contributed by atoms with Gasteiger partial charge in [0.25, 0.3) is 0 Å². The van der Waals surface area contributed by atoms with E-state index < -0.39 is 0 Å². The van der Waals surface area contributed by atoms with Crippen molar-refractivity contribution in [3.8, 4) is 0 Å². The third kappa shape index (κ3) is 4.33. The normalized spacial score (nSPS) is 22.3. The summed E-state index contributed by atoms with van der Waals surface area (Å²) in [5, 5.41) is 3.96. The van der Waals surface area contributed by atoms with Crippen molar-refractivity contribution >= 4 is 5.91 Å². The summed E-state index contributed by atoms with van der Waals surface area (Å²) in [5.74, 6) is 1.66. The van der Waals surface area contributed by atoms with E-state index in [1.54, 1.807) is 0 Å². The molecule has 0 saturated carbocycles.